The molecule has 0 spiro atoms. The van der Waals surface area contributed by atoms with Crippen LogP contribution in [-0.2, 0) is 4.79 Å². The summed E-state index contributed by atoms with van der Waals surface area (Å²) in [5, 5.41) is 11.1. The fourth-order valence-corrected chi connectivity index (χ4v) is 1.97. The maximum atomic E-state index is 11.3. The normalized spacial score (nSPS) is 10.1. The molecular formula is C14H11ClN2O3. The van der Waals surface area contributed by atoms with Crippen LogP contribution in [0.3, 0.4) is 0 Å². The van der Waals surface area contributed by atoms with E-state index < -0.39 is 4.92 Å². The van der Waals surface area contributed by atoms with Crippen molar-refractivity contribution >= 4 is 35.1 Å². The predicted octanol–water partition coefficient (Wildman–Crippen LogP) is 3.85. The number of nitro groups is 1. The first-order chi connectivity index (χ1) is 9.52. The van der Waals surface area contributed by atoms with E-state index >= 15 is 0 Å². The number of amides is 1. The minimum atomic E-state index is -0.530. The lowest BCUT2D eigenvalue weighted by Gasteiger charge is -2.18. The van der Waals surface area contributed by atoms with E-state index in [4.69, 9.17) is 11.6 Å². The van der Waals surface area contributed by atoms with Crippen molar-refractivity contribution < 1.29 is 9.72 Å². The molecule has 0 saturated carbocycles. The Bertz CT molecular complexity index is 656. The number of hydrogen-bond donors (Lipinski definition) is 0. The Kier molecular flexibility index (Phi) is 4.00. The number of nitrogens with zero attached hydrogens (tertiary/aromatic N) is 2. The van der Waals surface area contributed by atoms with Gasteiger partial charge in [-0.05, 0) is 25.1 Å². The average molecular weight is 291 g/mol. The first-order valence-electron chi connectivity index (χ1n) is 5.78. The number of carbonyl (C=O) groups excluding carboxylic acids is 1. The zero-order chi connectivity index (χ0) is 14.7. The number of aryl methyl sites for hydroxylation is 1. The van der Waals surface area contributed by atoms with Gasteiger partial charge in [-0.3, -0.25) is 19.8 Å². The lowest BCUT2D eigenvalue weighted by molar-refractivity contribution is -0.384. The third-order valence-electron chi connectivity index (χ3n) is 2.82. The Morgan fingerprint density at radius 1 is 1.20 bits per heavy atom. The third kappa shape index (κ3) is 2.78. The second-order valence-electron chi connectivity index (χ2n) is 4.20. The molecule has 1 amide bonds. The van der Waals surface area contributed by atoms with Crippen molar-refractivity contribution in [3.8, 4) is 0 Å². The van der Waals surface area contributed by atoms with Crippen LogP contribution in [0.4, 0.5) is 17.1 Å². The molecule has 2 aromatic carbocycles. The van der Waals surface area contributed by atoms with Crippen molar-refractivity contribution in [1.29, 1.82) is 0 Å². The van der Waals surface area contributed by atoms with Crippen molar-refractivity contribution in [2.75, 3.05) is 4.90 Å². The number of anilines is 2. The Labute approximate surface area is 120 Å². The van der Waals surface area contributed by atoms with Crippen LogP contribution in [0.15, 0.2) is 42.5 Å². The quantitative estimate of drug-likeness (QED) is 0.488. The van der Waals surface area contributed by atoms with Gasteiger partial charge in [0.1, 0.15) is 0 Å². The number of non-ortho nitro benzene ring substituents is 1. The lowest BCUT2D eigenvalue weighted by Crippen LogP contribution is -2.14. The summed E-state index contributed by atoms with van der Waals surface area (Å²) in [6.45, 7) is 1.93. The fraction of sp³-hybridized carbons (Fsp3) is 0.0714. The largest absolute Gasteiger partial charge is 0.282 e. The highest BCUT2D eigenvalue weighted by Gasteiger charge is 2.16. The number of benzene rings is 2. The Hall–Kier alpha value is -2.40. The second-order valence-corrected chi connectivity index (χ2v) is 4.61. The molecule has 0 aliphatic rings. The van der Waals surface area contributed by atoms with E-state index in [1.807, 2.05) is 19.1 Å². The molecule has 0 unspecified atom stereocenters. The predicted molar refractivity (Wildman–Crippen MR) is 77.5 cm³/mol. The molecule has 0 bridgehead atoms. The van der Waals surface area contributed by atoms with E-state index in [0.29, 0.717) is 12.1 Å². The summed E-state index contributed by atoms with van der Waals surface area (Å²) in [4.78, 5) is 22.9. The zero-order valence-corrected chi connectivity index (χ0v) is 11.4. The van der Waals surface area contributed by atoms with E-state index in [0.717, 1.165) is 5.56 Å². The topological polar surface area (TPSA) is 63.5 Å². The molecule has 20 heavy (non-hydrogen) atoms. The summed E-state index contributed by atoms with van der Waals surface area (Å²) < 4.78 is 0. The van der Waals surface area contributed by atoms with Gasteiger partial charge in [-0.2, -0.15) is 0 Å². The molecule has 0 atom stereocenters. The van der Waals surface area contributed by atoms with Crippen molar-refractivity contribution in [3.63, 3.8) is 0 Å². The van der Waals surface area contributed by atoms with Crippen LogP contribution in [0.1, 0.15) is 5.56 Å². The first kappa shape index (κ1) is 14.0. The minimum absolute atomic E-state index is 0.122. The van der Waals surface area contributed by atoms with Crippen molar-refractivity contribution in [2.45, 2.75) is 6.92 Å². The van der Waals surface area contributed by atoms with Gasteiger partial charge in [-0.1, -0.05) is 29.3 Å². The van der Waals surface area contributed by atoms with Gasteiger partial charge in [0, 0.05) is 17.8 Å². The highest BCUT2D eigenvalue weighted by Crippen LogP contribution is 2.33. The summed E-state index contributed by atoms with van der Waals surface area (Å²) >= 11 is 6.03. The summed E-state index contributed by atoms with van der Waals surface area (Å²) in [5.41, 5.74) is 1.79. The standard InChI is InChI=1S/C14H11ClN2O3/c1-10-2-4-11(5-3-10)16(9-18)14-8-12(17(19)20)6-7-13(14)15/h2-9H,1H3. The van der Waals surface area contributed by atoms with Gasteiger partial charge in [0.15, 0.2) is 0 Å². The molecule has 6 heteroatoms. The van der Waals surface area contributed by atoms with Gasteiger partial charge in [0.2, 0.25) is 6.41 Å². The molecule has 0 aromatic heterocycles. The molecule has 0 radical (unpaired) electrons. The minimum Gasteiger partial charge on any atom is -0.282 e. The fourth-order valence-electron chi connectivity index (χ4n) is 1.76. The summed E-state index contributed by atoms with van der Waals surface area (Å²) in [5.74, 6) is 0. The summed E-state index contributed by atoms with van der Waals surface area (Å²) in [7, 11) is 0. The van der Waals surface area contributed by atoms with Gasteiger partial charge in [-0.15, -0.1) is 0 Å². The Morgan fingerprint density at radius 2 is 1.85 bits per heavy atom. The third-order valence-corrected chi connectivity index (χ3v) is 3.14. The maximum Gasteiger partial charge on any atom is 0.271 e. The van der Waals surface area contributed by atoms with Crippen LogP contribution in [0.25, 0.3) is 0 Å². The van der Waals surface area contributed by atoms with E-state index in [1.165, 1.54) is 23.1 Å². The molecule has 0 heterocycles. The molecule has 5 nitrogen and oxygen atoms in total. The highest BCUT2D eigenvalue weighted by molar-refractivity contribution is 6.34. The molecule has 0 aliphatic heterocycles. The lowest BCUT2D eigenvalue weighted by atomic mass is 10.2. The van der Waals surface area contributed by atoms with E-state index in [2.05, 4.69) is 0 Å². The van der Waals surface area contributed by atoms with Crippen molar-refractivity contribution in [2.24, 2.45) is 0 Å². The molecule has 2 rings (SSSR count). The van der Waals surface area contributed by atoms with Crippen LogP contribution >= 0.6 is 11.6 Å². The Balaban J connectivity index is 2.51. The van der Waals surface area contributed by atoms with Gasteiger partial charge < -0.3 is 0 Å². The van der Waals surface area contributed by atoms with E-state index in [-0.39, 0.29) is 16.4 Å². The van der Waals surface area contributed by atoms with Crippen LogP contribution in [0, 0.1) is 17.0 Å². The second kappa shape index (κ2) is 5.71. The molecule has 0 aliphatic carbocycles. The van der Waals surface area contributed by atoms with E-state index in [1.54, 1.807) is 12.1 Å². The van der Waals surface area contributed by atoms with Gasteiger partial charge in [0.05, 0.1) is 15.6 Å². The van der Waals surface area contributed by atoms with Crippen LogP contribution < -0.4 is 4.90 Å². The van der Waals surface area contributed by atoms with Crippen LogP contribution in [0.5, 0.6) is 0 Å². The van der Waals surface area contributed by atoms with Crippen molar-refractivity contribution in [3.05, 3.63) is 63.2 Å². The number of hydrogen-bond acceptors (Lipinski definition) is 3. The summed E-state index contributed by atoms with van der Waals surface area (Å²) in [6, 6.07) is 11.2. The van der Waals surface area contributed by atoms with Gasteiger partial charge in [0.25, 0.3) is 5.69 Å². The summed E-state index contributed by atoms with van der Waals surface area (Å²) in [6.07, 6.45) is 0.579. The van der Waals surface area contributed by atoms with Crippen molar-refractivity contribution in [1.82, 2.24) is 0 Å². The Morgan fingerprint density at radius 3 is 2.40 bits per heavy atom. The van der Waals surface area contributed by atoms with E-state index in [9.17, 15) is 14.9 Å². The zero-order valence-electron chi connectivity index (χ0n) is 10.6. The van der Waals surface area contributed by atoms with Gasteiger partial charge >= 0.3 is 0 Å². The molecule has 2 aromatic rings. The number of carbonyl (C=O) groups is 1. The van der Waals surface area contributed by atoms with Crippen LogP contribution in [-0.4, -0.2) is 11.3 Å². The smallest absolute Gasteiger partial charge is 0.271 e. The van der Waals surface area contributed by atoms with Crippen LogP contribution in [0.2, 0.25) is 5.02 Å². The molecule has 0 N–H and O–H groups in total. The first-order valence-corrected chi connectivity index (χ1v) is 6.16. The SMILES string of the molecule is Cc1ccc(N(C=O)c2cc([N+](=O)[O-])ccc2Cl)cc1. The average Bonchev–Trinajstić information content (AvgIpc) is 2.43. The molecule has 102 valence electrons. The number of halogens is 1. The van der Waals surface area contributed by atoms with Gasteiger partial charge in [-0.25, -0.2) is 0 Å². The maximum absolute atomic E-state index is 11.3. The highest BCUT2D eigenvalue weighted by atomic mass is 35.5. The molecule has 0 saturated heterocycles. The molecule has 0 fully saturated rings. The number of nitro benzene ring substituents is 1. The molecular weight excluding hydrogens is 280 g/mol. The monoisotopic (exact) mass is 290 g/mol. The number of rotatable bonds is 4.